The van der Waals surface area contributed by atoms with Crippen LogP contribution in [0.1, 0.15) is 30.6 Å². The van der Waals surface area contributed by atoms with Crippen molar-refractivity contribution in [3.63, 3.8) is 0 Å². The average molecular weight is 326 g/mol. The second-order valence-corrected chi connectivity index (χ2v) is 5.15. The summed E-state index contributed by atoms with van der Waals surface area (Å²) in [6, 6.07) is 5.90. The van der Waals surface area contributed by atoms with Crippen LogP contribution >= 0.6 is 11.6 Å². The van der Waals surface area contributed by atoms with E-state index >= 15 is 0 Å². The molecule has 6 nitrogen and oxygen atoms in total. The Kier molecular flexibility index (Phi) is 7.39. The zero-order chi connectivity index (χ0) is 16.5. The third-order valence-corrected chi connectivity index (χ3v) is 3.18. The monoisotopic (exact) mass is 325 g/mol. The molecule has 3 N–H and O–H groups in total. The van der Waals surface area contributed by atoms with Gasteiger partial charge in [0.1, 0.15) is 6.04 Å². The minimum absolute atomic E-state index is 0.227. The first kappa shape index (κ1) is 18.0. The molecule has 3 amide bonds. The number of benzene rings is 1. The van der Waals surface area contributed by atoms with Crippen LogP contribution in [0.15, 0.2) is 24.3 Å². The third kappa shape index (κ3) is 5.73. The molecule has 0 aliphatic rings. The Labute approximate surface area is 134 Å². The molecule has 0 aliphatic carbocycles. The molecule has 0 fully saturated rings. The Bertz CT molecular complexity index is 549. The molecule has 1 aromatic rings. The number of hydrogen-bond donors (Lipinski definition) is 3. The summed E-state index contributed by atoms with van der Waals surface area (Å²) in [7, 11) is 0. The summed E-state index contributed by atoms with van der Waals surface area (Å²) in [6.07, 6.45) is 0.820. The number of rotatable bonds is 7. The molecule has 1 aromatic carbocycles. The van der Waals surface area contributed by atoms with Crippen molar-refractivity contribution in [2.45, 2.75) is 26.3 Å². The number of hydrogen-bond acceptors (Lipinski definition) is 3. The first-order valence-electron chi connectivity index (χ1n) is 7.05. The highest BCUT2D eigenvalue weighted by atomic mass is 35.5. The minimum Gasteiger partial charge on any atom is -0.354 e. The smallest absolute Gasteiger partial charge is 0.253 e. The van der Waals surface area contributed by atoms with E-state index in [1.54, 1.807) is 31.2 Å². The summed E-state index contributed by atoms with van der Waals surface area (Å²) in [5.74, 6) is -1.14. The van der Waals surface area contributed by atoms with Gasteiger partial charge < -0.3 is 16.0 Å². The van der Waals surface area contributed by atoms with E-state index in [0.29, 0.717) is 17.1 Å². The molecular weight excluding hydrogens is 306 g/mol. The second-order valence-electron chi connectivity index (χ2n) is 4.74. The predicted molar refractivity (Wildman–Crippen MR) is 84.7 cm³/mol. The van der Waals surface area contributed by atoms with Crippen LogP contribution in [0.3, 0.4) is 0 Å². The fourth-order valence-electron chi connectivity index (χ4n) is 1.66. The first-order valence-corrected chi connectivity index (χ1v) is 7.43. The molecule has 0 bridgehead atoms. The molecule has 0 aliphatic heterocycles. The van der Waals surface area contributed by atoms with Gasteiger partial charge in [0.05, 0.1) is 17.1 Å². The molecule has 7 heteroatoms. The van der Waals surface area contributed by atoms with Crippen LogP contribution in [0.2, 0.25) is 5.02 Å². The van der Waals surface area contributed by atoms with Gasteiger partial charge in [-0.3, -0.25) is 14.4 Å². The van der Waals surface area contributed by atoms with E-state index in [1.807, 2.05) is 6.92 Å². The molecule has 120 valence electrons. The van der Waals surface area contributed by atoms with Crippen LogP contribution in [-0.2, 0) is 9.59 Å². The van der Waals surface area contributed by atoms with Gasteiger partial charge in [0.15, 0.2) is 0 Å². The lowest BCUT2D eigenvalue weighted by atomic mass is 10.2. The Morgan fingerprint density at radius 3 is 2.50 bits per heavy atom. The van der Waals surface area contributed by atoms with E-state index in [9.17, 15) is 14.4 Å². The van der Waals surface area contributed by atoms with Gasteiger partial charge in [0, 0.05) is 6.54 Å². The molecule has 0 unspecified atom stereocenters. The van der Waals surface area contributed by atoms with Gasteiger partial charge in [-0.2, -0.15) is 0 Å². The van der Waals surface area contributed by atoms with Gasteiger partial charge in [-0.25, -0.2) is 0 Å². The third-order valence-electron chi connectivity index (χ3n) is 2.85. The van der Waals surface area contributed by atoms with Crippen LogP contribution in [-0.4, -0.2) is 36.9 Å². The zero-order valence-corrected chi connectivity index (χ0v) is 13.4. The number of carbonyl (C=O) groups excluding carboxylic acids is 3. The Hall–Kier alpha value is -2.08. The molecule has 1 rings (SSSR count). The molecule has 0 radical (unpaired) electrons. The van der Waals surface area contributed by atoms with E-state index < -0.39 is 17.9 Å². The van der Waals surface area contributed by atoms with Crippen molar-refractivity contribution in [2.24, 2.45) is 0 Å². The first-order chi connectivity index (χ1) is 10.5. The summed E-state index contributed by atoms with van der Waals surface area (Å²) >= 11 is 5.89. The van der Waals surface area contributed by atoms with Crippen molar-refractivity contribution in [1.29, 1.82) is 0 Å². The lowest BCUT2D eigenvalue weighted by Crippen LogP contribution is -2.48. The second kappa shape index (κ2) is 9.04. The summed E-state index contributed by atoms with van der Waals surface area (Å²) < 4.78 is 0. The Morgan fingerprint density at radius 2 is 1.86 bits per heavy atom. The van der Waals surface area contributed by atoms with E-state index in [-0.39, 0.29) is 12.5 Å². The molecule has 0 heterocycles. The fourth-order valence-corrected chi connectivity index (χ4v) is 1.88. The summed E-state index contributed by atoms with van der Waals surface area (Å²) in [6.45, 7) is 3.85. The maximum atomic E-state index is 11.9. The van der Waals surface area contributed by atoms with Crippen molar-refractivity contribution in [1.82, 2.24) is 16.0 Å². The Balaban J connectivity index is 2.41. The molecule has 0 saturated carbocycles. The van der Waals surface area contributed by atoms with Crippen molar-refractivity contribution in [3.8, 4) is 0 Å². The van der Waals surface area contributed by atoms with E-state index in [4.69, 9.17) is 11.6 Å². The standard InChI is InChI=1S/C15H20ClN3O3/c1-3-8-17-14(21)10(2)19-13(20)9-18-15(22)11-6-4-5-7-12(11)16/h4-7,10H,3,8-9H2,1-2H3,(H,17,21)(H,18,22)(H,19,20)/t10-/m0/s1. The molecule has 1 atom stereocenters. The van der Waals surface area contributed by atoms with Crippen LogP contribution in [0, 0.1) is 0 Å². The van der Waals surface area contributed by atoms with Crippen molar-refractivity contribution in [2.75, 3.05) is 13.1 Å². The number of nitrogens with one attached hydrogen (secondary N) is 3. The quantitative estimate of drug-likeness (QED) is 0.701. The maximum absolute atomic E-state index is 11.9. The molecule has 0 aromatic heterocycles. The van der Waals surface area contributed by atoms with Crippen molar-refractivity contribution >= 4 is 29.3 Å². The molecule has 0 spiro atoms. The highest BCUT2D eigenvalue weighted by Crippen LogP contribution is 2.14. The molecule has 22 heavy (non-hydrogen) atoms. The maximum Gasteiger partial charge on any atom is 0.253 e. The molecular formula is C15H20ClN3O3. The van der Waals surface area contributed by atoms with Crippen molar-refractivity contribution in [3.05, 3.63) is 34.9 Å². The predicted octanol–water partition coefficient (Wildman–Crippen LogP) is 1.10. The van der Waals surface area contributed by atoms with E-state index in [2.05, 4.69) is 16.0 Å². The fraction of sp³-hybridized carbons (Fsp3) is 0.400. The Morgan fingerprint density at radius 1 is 1.18 bits per heavy atom. The molecule has 0 saturated heterocycles. The lowest BCUT2D eigenvalue weighted by molar-refractivity contribution is -0.128. The topological polar surface area (TPSA) is 87.3 Å². The van der Waals surface area contributed by atoms with Gasteiger partial charge in [-0.05, 0) is 25.5 Å². The summed E-state index contributed by atoms with van der Waals surface area (Å²) in [5.41, 5.74) is 0.297. The van der Waals surface area contributed by atoms with E-state index in [0.717, 1.165) is 6.42 Å². The number of amides is 3. The van der Waals surface area contributed by atoms with Crippen LogP contribution in [0.25, 0.3) is 0 Å². The number of halogens is 1. The van der Waals surface area contributed by atoms with Gasteiger partial charge in [-0.1, -0.05) is 30.7 Å². The highest BCUT2D eigenvalue weighted by Gasteiger charge is 2.16. The van der Waals surface area contributed by atoms with Gasteiger partial charge in [0.25, 0.3) is 5.91 Å². The highest BCUT2D eigenvalue weighted by molar-refractivity contribution is 6.33. The minimum atomic E-state index is -0.656. The van der Waals surface area contributed by atoms with Crippen molar-refractivity contribution < 1.29 is 14.4 Å². The van der Waals surface area contributed by atoms with Gasteiger partial charge in [-0.15, -0.1) is 0 Å². The van der Waals surface area contributed by atoms with Crippen LogP contribution < -0.4 is 16.0 Å². The largest absolute Gasteiger partial charge is 0.354 e. The normalized spacial score (nSPS) is 11.4. The van der Waals surface area contributed by atoms with Crippen LogP contribution in [0.5, 0.6) is 0 Å². The summed E-state index contributed by atoms with van der Waals surface area (Å²) in [4.78, 5) is 35.2. The zero-order valence-electron chi connectivity index (χ0n) is 12.6. The van der Waals surface area contributed by atoms with Gasteiger partial charge in [0.2, 0.25) is 11.8 Å². The number of carbonyl (C=O) groups is 3. The lowest BCUT2D eigenvalue weighted by Gasteiger charge is -2.14. The van der Waals surface area contributed by atoms with Crippen LogP contribution in [0.4, 0.5) is 0 Å². The summed E-state index contributed by atoms with van der Waals surface area (Å²) in [5, 5.41) is 7.96. The van der Waals surface area contributed by atoms with Gasteiger partial charge >= 0.3 is 0 Å². The van der Waals surface area contributed by atoms with E-state index in [1.165, 1.54) is 0 Å². The SMILES string of the molecule is CCCNC(=O)[C@H](C)NC(=O)CNC(=O)c1ccccc1Cl. The average Bonchev–Trinajstić information content (AvgIpc) is 2.50.